The fourth-order valence-corrected chi connectivity index (χ4v) is 4.90. The number of ether oxygens (including phenoxy) is 5. The summed E-state index contributed by atoms with van der Waals surface area (Å²) in [5.41, 5.74) is 0.132. The van der Waals surface area contributed by atoms with Crippen molar-refractivity contribution >= 4 is 21.6 Å². The molecule has 11 heteroatoms. The Morgan fingerprint density at radius 1 is 0.784 bits per heavy atom. The lowest BCUT2D eigenvalue weighted by Crippen LogP contribution is -2.42. The molecule has 0 bridgehead atoms. The fraction of sp³-hybridized carbons (Fsp3) is 0.269. The minimum absolute atomic E-state index is 0.102. The van der Waals surface area contributed by atoms with Crippen molar-refractivity contribution in [3.8, 4) is 28.7 Å². The molecule has 0 spiro atoms. The topological polar surface area (TPSA) is 113 Å². The van der Waals surface area contributed by atoms with Crippen molar-refractivity contribution < 1.29 is 36.9 Å². The van der Waals surface area contributed by atoms with Crippen molar-refractivity contribution in [3.05, 3.63) is 66.7 Å². The molecule has 1 N–H and O–H groups in total. The lowest BCUT2D eigenvalue weighted by atomic mass is 10.2. The molecule has 1 amide bonds. The first-order chi connectivity index (χ1) is 17.8. The molecule has 0 atom stereocenters. The molecular formula is C26H30N2O8S. The minimum atomic E-state index is -4.27. The van der Waals surface area contributed by atoms with Crippen LogP contribution in [0.4, 0.5) is 5.69 Å². The number of sulfonamides is 1. The summed E-state index contributed by atoms with van der Waals surface area (Å²) in [4.78, 5) is 12.8. The van der Waals surface area contributed by atoms with E-state index in [4.69, 9.17) is 23.7 Å². The van der Waals surface area contributed by atoms with E-state index >= 15 is 0 Å². The number of carbonyl (C=O) groups excluding carboxylic acids is 1. The fourth-order valence-electron chi connectivity index (χ4n) is 3.46. The van der Waals surface area contributed by atoms with Crippen LogP contribution in [0.25, 0.3) is 0 Å². The maximum absolute atomic E-state index is 13.8. The van der Waals surface area contributed by atoms with Crippen LogP contribution in [-0.4, -0.2) is 62.5 Å². The van der Waals surface area contributed by atoms with Crippen LogP contribution in [0.15, 0.2) is 71.6 Å². The van der Waals surface area contributed by atoms with Gasteiger partial charge in [0.1, 0.15) is 30.4 Å². The predicted molar refractivity (Wildman–Crippen MR) is 139 cm³/mol. The lowest BCUT2D eigenvalue weighted by Gasteiger charge is -2.26. The number of carbonyl (C=O) groups is 1. The third-order valence-electron chi connectivity index (χ3n) is 5.32. The lowest BCUT2D eigenvalue weighted by molar-refractivity contribution is -0.119. The van der Waals surface area contributed by atoms with Crippen LogP contribution in [0.5, 0.6) is 28.7 Å². The Morgan fingerprint density at radius 2 is 1.46 bits per heavy atom. The second-order valence-electron chi connectivity index (χ2n) is 7.58. The molecule has 0 unspecified atom stereocenters. The molecule has 0 aliphatic carbocycles. The number of hydrogen-bond donors (Lipinski definition) is 1. The molecule has 0 saturated heterocycles. The molecule has 0 heterocycles. The van der Waals surface area contributed by atoms with Gasteiger partial charge in [-0.2, -0.15) is 0 Å². The molecule has 0 aliphatic rings. The van der Waals surface area contributed by atoms with E-state index in [9.17, 15) is 13.2 Å². The van der Waals surface area contributed by atoms with Gasteiger partial charge in [-0.15, -0.1) is 0 Å². The minimum Gasteiger partial charge on any atom is -0.497 e. The Hall–Kier alpha value is -4.12. The van der Waals surface area contributed by atoms with Crippen molar-refractivity contribution in [2.75, 3.05) is 52.4 Å². The van der Waals surface area contributed by atoms with Gasteiger partial charge in [0.05, 0.1) is 45.6 Å². The molecule has 0 fully saturated rings. The predicted octanol–water partition coefficient (Wildman–Crippen LogP) is 3.11. The van der Waals surface area contributed by atoms with Crippen molar-refractivity contribution in [1.82, 2.24) is 5.32 Å². The highest BCUT2D eigenvalue weighted by molar-refractivity contribution is 7.92. The summed E-state index contributed by atoms with van der Waals surface area (Å²) < 4.78 is 55.4. The molecule has 3 aromatic carbocycles. The van der Waals surface area contributed by atoms with Crippen molar-refractivity contribution in [2.45, 2.75) is 4.90 Å². The average Bonchev–Trinajstić information content (AvgIpc) is 2.93. The van der Waals surface area contributed by atoms with Gasteiger partial charge in [0.25, 0.3) is 10.0 Å². The molecule has 0 aliphatic heterocycles. The van der Waals surface area contributed by atoms with E-state index < -0.39 is 22.5 Å². The molecule has 0 aromatic heterocycles. The Kier molecular flexibility index (Phi) is 9.45. The van der Waals surface area contributed by atoms with Gasteiger partial charge >= 0.3 is 0 Å². The first kappa shape index (κ1) is 27.5. The summed E-state index contributed by atoms with van der Waals surface area (Å²) in [6, 6.07) is 18.0. The maximum Gasteiger partial charge on any atom is 0.265 e. The second kappa shape index (κ2) is 12.7. The molecule has 37 heavy (non-hydrogen) atoms. The van der Waals surface area contributed by atoms with Crippen LogP contribution < -0.4 is 33.3 Å². The van der Waals surface area contributed by atoms with Crippen LogP contribution in [0, 0.1) is 0 Å². The Morgan fingerprint density at radius 3 is 2.11 bits per heavy atom. The van der Waals surface area contributed by atoms with Gasteiger partial charge in [-0.3, -0.25) is 9.10 Å². The van der Waals surface area contributed by atoms with Crippen molar-refractivity contribution in [3.63, 3.8) is 0 Å². The number of methoxy groups -OCH3 is 4. The second-order valence-corrected chi connectivity index (χ2v) is 9.44. The van der Waals surface area contributed by atoms with Crippen LogP contribution in [0.2, 0.25) is 0 Å². The van der Waals surface area contributed by atoms with Crippen molar-refractivity contribution in [1.29, 1.82) is 0 Å². The SMILES string of the molecule is COc1ccc(OC)c(N(CC(=O)NCCOc2ccccc2)S(=O)(=O)c2ccc(OC)c(OC)c2)c1. The highest BCUT2D eigenvalue weighted by atomic mass is 32.2. The molecule has 10 nitrogen and oxygen atoms in total. The van der Waals surface area contributed by atoms with Gasteiger partial charge in [0.15, 0.2) is 11.5 Å². The monoisotopic (exact) mass is 530 g/mol. The third-order valence-corrected chi connectivity index (χ3v) is 7.08. The number of benzene rings is 3. The number of nitrogens with zero attached hydrogens (tertiary/aromatic N) is 1. The van der Waals surface area contributed by atoms with E-state index in [2.05, 4.69) is 5.32 Å². The normalized spacial score (nSPS) is 10.8. The van der Waals surface area contributed by atoms with Crippen LogP contribution in [0.1, 0.15) is 0 Å². The van der Waals surface area contributed by atoms with E-state index in [1.54, 1.807) is 24.3 Å². The number of hydrogen-bond acceptors (Lipinski definition) is 8. The Labute approximate surface area is 216 Å². The van der Waals surface area contributed by atoms with E-state index in [-0.39, 0.29) is 35.2 Å². The molecular weight excluding hydrogens is 500 g/mol. The van der Waals surface area contributed by atoms with Gasteiger partial charge in [0.2, 0.25) is 5.91 Å². The van der Waals surface area contributed by atoms with Gasteiger partial charge in [0, 0.05) is 12.1 Å². The van der Waals surface area contributed by atoms with E-state index in [0.29, 0.717) is 17.2 Å². The summed E-state index contributed by atoms with van der Waals surface area (Å²) in [6.45, 7) is -0.139. The zero-order valence-electron chi connectivity index (χ0n) is 21.1. The van der Waals surface area contributed by atoms with Gasteiger partial charge in [-0.25, -0.2) is 8.42 Å². The largest absolute Gasteiger partial charge is 0.497 e. The van der Waals surface area contributed by atoms with E-state index in [1.165, 1.54) is 52.7 Å². The molecule has 0 radical (unpaired) electrons. The van der Waals surface area contributed by atoms with Crippen molar-refractivity contribution in [2.24, 2.45) is 0 Å². The first-order valence-corrected chi connectivity index (χ1v) is 12.7. The van der Waals surface area contributed by atoms with E-state index in [1.807, 2.05) is 18.2 Å². The highest BCUT2D eigenvalue weighted by Gasteiger charge is 2.31. The number of rotatable bonds is 13. The summed E-state index contributed by atoms with van der Waals surface area (Å²) in [6.07, 6.45) is 0. The van der Waals surface area contributed by atoms with Crippen LogP contribution in [-0.2, 0) is 14.8 Å². The van der Waals surface area contributed by atoms with Crippen LogP contribution in [0.3, 0.4) is 0 Å². The maximum atomic E-state index is 13.8. The number of para-hydroxylation sites is 1. The van der Waals surface area contributed by atoms with Gasteiger partial charge in [-0.05, 0) is 36.4 Å². The number of nitrogens with one attached hydrogen (secondary N) is 1. The zero-order chi connectivity index (χ0) is 26.8. The smallest absolute Gasteiger partial charge is 0.265 e. The zero-order valence-corrected chi connectivity index (χ0v) is 21.9. The number of amides is 1. The molecule has 0 saturated carbocycles. The quantitative estimate of drug-likeness (QED) is 0.336. The summed E-state index contributed by atoms with van der Waals surface area (Å²) in [5.74, 6) is 1.35. The van der Waals surface area contributed by atoms with Gasteiger partial charge < -0.3 is 29.0 Å². The van der Waals surface area contributed by atoms with Gasteiger partial charge in [-0.1, -0.05) is 18.2 Å². The summed E-state index contributed by atoms with van der Waals surface area (Å²) >= 11 is 0. The standard InChI is InChI=1S/C26H30N2O8S/c1-32-20-10-12-23(33-2)22(16-20)28(18-26(29)27-14-15-36-19-8-6-5-7-9-19)37(30,31)21-11-13-24(34-3)25(17-21)35-4/h5-13,16-17H,14-15,18H2,1-4H3,(H,27,29). The Bertz CT molecular complexity index is 1300. The Balaban J connectivity index is 1.90. The van der Waals surface area contributed by atoms with E-state index in [0.717, 1.165) is 4.31 Å². The summed E-state index contributed by atoms with van der Waals surface area (Å²) in [7, 11) is 1.45. The molecule has 3 aromatic rings. The third kappa shape index (κ3) is 6.76. The summed E-state index contributed by atoms with van der Waals surface area (Å²) in [5, 5.41) is 2.70. The highest BCUT2D eigenvalue weighted by Crippen LogP contribution is 2.37. The molecule has 198 valence electrons. The average molecular weight is 531 g/mol. The first-order valence-electron chi connectivity index (χ1n) is 11.3. The molecule has 3 rings (SSSR count). The van der Waals surface area contributed by atoms with Crippen LogP contribution >= 0.6 is 0 Å². The number of anilines is 1.